The number of pyridine rings is 1. The molecule has 0 amide bonds. The Labute approximate surface area is 161 Å². The third-order valence-corrected chi connectivity index (χ3v) is 3.93. The van der Waals surface area contributed by atoms with E-state index in [9.17, 15) is 14.3 Å². The summed E-state index contributed by atoms with van der Waals surface area (Å²) in [5.41, 5.74) is 1.06. The molecule has 106 valence electrons. The summed E-state index contributed by atoms with van der Waals surface area (Å²) in [5, 5.41) is 12.0. The molecule has 0 spiro atoms. The first-order valence-electron chi connectivity index (χ1n) is 6.15. The van der Waals surface area contributed by atoms with Crippen LogP contribution in [0.4, 0.5) is 4.39 Å². The molecular formula is C15H9FIN2NaO2. The molecule has 0 radical (unpaired) electrons. The number of carboxylic acids is 1. The average molecular weight is 418 g/mol. The minimum atomic E-state index is -1.29. The van der Waals surface area contributed by atoms with Crippen molar-refractivity contribution in [3.63, 3.8) is 0 Å². The molecule has 22 heavy (non-hydrogen) atoms. The monoisotopic (exact) mass is 418 g/mol. The van der Waals surface area contributed by atoms with E-state index in [-0.39, 0.29) is 47.6 Å². The number of aromatic nitrogens is 2. The molecule has 1 aromatic carbocycles. The topological polar surface area (TPSA) is 57.9 Å². The van der Waals surface area contributed by atoms with E-state index < -0.39 is 5.97 Å². The van der Waals surface area contributed by atoms with Gasteiger partial charge in [-0.25, -0.2) is 4.39 Å². The number of hydrogen-bond donors (Lipinski definition) is 0. The first kappa shape index (κ1) is 17.4. The van der Waals surface area contributed by atoms with Gasteiger partial charge in [0.1, 0.15) is 5.82 Å². The molecule has 0 atom stereocenters. The van der Waals surface area contributed by atoms with Crippen molar-refractivity contribution in [2.45, 2.75) is 6.54 Å². The van der Waals surface area contributed by atoms with Gasteiger partial charge in [0.15, 0.2) is 0 Å². The number of nitrogens with zero attached hydrogens (tertiary/aromatic N) is 2. The molecule has 7 heteroatoms. The quantitative estimate of drug-likeness (QED) is 0.414. The first-order chi connectivity index (χ1) is 10.1. The molecule has 4 nitrogen and oxygen atoms in total. The molecular weight excluding hydrogens is 409 g/mol. The summed E-state index contributed by atoms with van der Waals surface area (Å²) >= 11 is 2.02. The Morgan fingerprint density at radius 3 is 2.77 bits per heavy atom. The third-order valence-electron chi connectivity index (χ3n) is 3.26. The molecule has 0 fully saturated rings. The smallest absolute Gasteiger partial charge is 0.543 e. The number of aromatic carboxylic acids is 1. The SMILES string of the molecule is O=C([O-])c1cc2ccncc2n1Cc1ccc(I)cc1F.[Na+]. The molecule has 0 saturated carbocycles. The van der Waals surface area contributed by atoms with Gasteiger partial charge in [0.25, 0.3) is 0 Å². The van der Waals surface area contributed by atoms with Crippen LogP contribution >= 0.6 is 22.6 Å². The number of fused-ring (bicyclic) bond motifs is 1. The average Bonchev–Trinajstić information content (AvgIpc) is 2.81. The number of halogens is 2. The Kier molecular flexibility index (Phi) is 5.60. The van der Waals surface area contributed by atoms with Crippen molar-refractivity contribution in [3.8, 4) is 0 Å². The Hall–Kier alpha value is -0.960. The summed E-state index contributed by atoms with van der Waals surface area (Å²) < 4.78 is 16.3. The third kappa shape index (κ3) is 3.34. The van der Waals surface area contributed by atoms with Crippen LogP contribution in [0.25, 0.3) is 10.9 Å². The second-order valence-corrected chi connectivity index (χ2v) is 5.82. The van der Waals surface area contributed by atoms with E-state index in [1.54, 1.807) is 30.6 Å². The van der Waals surface area contributed by atoms with E-state index in [0.29, 0.717) is 11.1 Å². The largest absolute Gasteiger partial charge is 1.00 e. The van der Waals surface area contributed by atoms with Crippen LogP contribution in [0.1, 0.15) is 16.1 Å². The zero-order valence-electron chi connectivity index (χ0n) is 11.7. The van der Waals surface area contributed by atoms with Gasteiger partial charge in [-0.05, 0) is 46.9 Å². The van der Waals surface area contributed by atoms with Gasteiger partial charge >= 0.3 is 29.6 Å². The van der Waals surface area contributed by atoms with Crippen LogP contribution in [0.5, 0.6) is 0 Å². The Morgan fingerprint density at radius 1 is 1.32 bits per heavy atom. The van der Waals surface area contributed by atoms with Gasteiger partial charge in [-0.15, -0.1) is 0 Å². The molecule has 0 N–H and O–H groups in total. The predicted octanol–water partition coefficient (Wildman–Crippen LogP) is -0.804. The van der Waals surface area contributed by atoms with Crippen molar-refractivity contribution in [2.75, 3.05) is 0 Å². The summed E-state index contributed by atoms with van der Waals surface area (Å²) in [6.45, 7) is 0.112. The minimum absolute atomic E-state index is 0. The molecule has 0 aliphatic carbocycles. The van der Waals surface area contributed by atoms with Crippen LogP contribution < -0.4 is 34.7 Å². The van der Waals surface area contributed by atoms with Crippen LogP contribution in [0.3, 0.4) is 0 Å². The summed E-state index contributed by atoms with van der Waals surface area (Å²) in [6, 6.07) is 8.07. The molecule has 0 aliphatic heterocycles. The summed E-state index contributed by atoms with van der Waals surface area (Å²) in [4.78, 5) is 15.3. The zero-order valence-corrected chi connectivity index (χ0v) is 15.9. The van der Waals surface area contributed by atoms with E-state index in [2.05, 4.69) is 4.98 Å². The Bertz CT molecular complexity index is 851. The maximum atomic E-state index is 14.0. The minimum Gasteiger partial charge on any atom is -0.543 e. The fourth-order valence-corrected chi connectivity index (χ4v) is 2.71. The van der Waals surface area contributed by atoms with Gasteiger partial charge in [-0.2, -0.15) is 0 Å². The van der Waals surface area contributed by atoms with Gasteiger partial charge in [0.05, 0.1) is 29.9 Å². The van der Waals surface area contributed by atoms with E-state index in [1.807, 2.05) is 22.6 Å². The summed E-state index contributed by atoms with van der Waals surface area (Å²) in [6.07, 6.45) is 3.14. The van der Waals surface area contributed by atoms with Crippen LogP contribution in [-0.4, -0.2) is 15.5 Å². The molecule has 2 aromatic heterocycles. The van der Waals surface area contributed by atoms with Gasteiger partial charge in [-0.1, -0.05) is 6.07 Å². The molecule has 0 aliphatic rings. The Morgan fingerprint density at radius 2 is 2.09 bits per heavy atom. The molecule has 0 bridgehead atoms. The second-order valence-electron chi connectivity index (χ2n) is 4.57. The van der Waals surface area contributed by atoms with Crippen LogP contribution in [0, 0.1) is 9.39 Å². The standard InChI is InChI=1S/C15H10FIN2O2.Na/c16-12-6-11(17)2-1-10(12)8-19-13(15(20)21)5-9-3-4-18-7-14(9)19;/h1-7H,8H2,(H,20,21);/q;+1/p-1. The predicted molar refractivity (Wildman–Crippen MR) is 82.3 cm³/mol. The van der Waals surface area contributed by atoms with Crippen LogP contribution in [0.2, 0.25) is 0 Å². The van der Waals surface area contributed by atoms with E-state index in [1.165, 1.54) is 16.7 Å². The maximum Gasteiger partial charge on any atom is 1.00 e. The van der Waals surface area contributed by atoms with Gasteiger partial charge in [0, 0.05) is 20.7 Å². The number of benzene rings is 1. The fraction of sp³-hybridized carbons (Fsp3) is 0.0667. The van der Waals surface area contributed by atoms with Gasteiger partial charge in [-0.3, -0.25) is 4.98 Å². The Balaban J connectivity index is 0.00000176. The summed E-state index contributed by atoms with van der Waals surface area (Å²) in [7, 11) is 0. The van der Waals surface area contributed by atoms with Crippen molar-refractivity contribution in [1.82, 2.24) is 9.55 Å². The number of carbonyl (C=O) groups excluding carboxylic acids is 1. The molecule has 0 saturated heterocycles. The van der Waals surface area contributed by atoms with Crippen molar-refractivity contribution in [3.05, 3.63) is 63.4 Å². The van der Waals surface area contributed by atoms with Crippen LogP contribution in [-0.2, 0) is 6.54 Å². The molecule has 3 aromatic rings. The van der Waals surface area contributed by atoms with Crippen molar-refractivity contribution in [2.24, 2.45) is 0 Å². The summed E-state index contributed by atoms with van der Waals surface area (Å²) in [5.74, 6) is -1.66. The van der Waals surface area contributed by atoms with Gasteiger partial charge < -0.3 is 14.5 Å². The number of hydrogen-bond acceptors (Lipinski definition) is 3. The van der Waals surface area contributed by atoms with E-state index in [0.717, 1.165) is 8.96 Å². The number of carbonyl (C=O) groups is 1. The number of rotatable bonds is 3. The first-order valence-corrected chi connectivity index (χ1v) is 7.22. The molecule has 0 unspecified atom stereocenters. The van der Waals surface area contributed by atoms with Gasteiger partial charge in [0.2, 0.25) is 0 Å². The molecule has 3 rings (SSSR count). The fourth-order valence-electron chi connectivity index (χ4n) is 2.26. The van der Waals surface area contributed by atoms with E-state index in [4.69, 9.17) is 0 Å². The zero-order chi connectivity index (χ0) is 15.0. The van der Waals surface area contributed by atoms with Crippen molar-refractivity contribution in [1.29, 1.82) is 0 Å². The van der Waals surface area contributed by atoms with E-state index >= 15 is 0 Å². The molecule has 2 heterocycles. The second kappa shape index (κ2) is 7.08. The van der Waals surface area contributed by atoms with Crippen LogP contribution in [0.15, 0.2) is 42.7 Å². The van der Waals surface area contributed by atoms with Crippen molar-refractivity contribution < 1.29 is 43.8 Å². The van der Waals surface area contributed by atoms with Crippen molar-refractivity contribution >= 4 is 39.5 Å². The normalized spacial score (nSPS) is 10.5. The maximum absolute atomic E-state index is 14.0. The number of carboxylic acid groups (broad SMARTS) is 1.